The van der Waals surface area contributed by atoms with Crippen LogP contribution in [-0.4, -0.2) is 46.5 Å². The van der Waals surface area contributed by atoms with E-state index in [4.69, 9.17) is 4.84 Å². The molecule has 1 heterocycles. The van der Waals surface area contributed by atoms with Crippen molar-refractivity contribution in [3.63, 3.8) is 0 Å². The molecule has 1 saturated heterocycles. The van der Waals surface area contributed by atoms with Gasteiger partial charge in [0.15, 0.2) is 0 Å². The molecule has 1 N–H and O–H groups in total. The summed E-state index contributed by atoms with van der Waals surface area (Å²) in [5, 5.41) is 0.971. The molecule has 6 nitrogen and oxygen atoms in total. The van der Waals surface area contributed by atoms with Gasteiger partial charge in [-0.15, -0.1) is 0 Å². The molecule has 140 valence electrons. The van der Waals surface area contributed by atoms with Crippen LogP contribution >= 0.6 is 0 Å². The zero-order valence-electron chi connectivity index (χ0n) is 15.3. The van der Waals surface area contributed by atoms with E-state index in [1.165, 1.54) is 0 Å². The van der Waals surface area contributed by atoms with Crippen LogP contribution in [0.1, 0.15) is 17.2 Å². The molecule has 2 aromatic carbocycles. The van der Waals surface area contributed by atoms with Crippen molar-refractivity contribution in [1.29, 1.82) is 0 Å². The smallest absolute Gasteiger partial charge is 0.219 e. The molecule has 2 aromatic rings. The van der Waals surface area contributed by atoms with Crippen molar-refractivity contribution in [1.82, 2.24) is 9.79 Å². The van der Waals surface area contributed by atoms with Crippen LogP contribution in [0.5, 0.6) is 0 Å². The Morgan fingerprint density at radius 2 is 1.77 bits per heavy atom. The van der Waals surface area contributed by atoms with Gasteiger partial charge in [0.25, 0.3) is 0 Å². The maximum absolute atomic E-state index is 12.9. The molecule has 1 fully saturated rings. The monoisotopic (exact) mass is 375 g/mol. The fourth-order valence-corrected chi connectivity index (χ4v) is 4.63. The Balaban J connectivity index is 1.78. The van der Waals surface area contributed by atoms with Crippen LogP contribution in [0.2, 0.25) is 0 Å². The molecule has 0 spiro atoms. The highest BCUT2D eigenvalue weighted by Gasteiger charge is 2.43. The molecular weight excluding hydrogens is 350 g/mol. The molecule has 3 rings (SSSR count). The van der Waals surface area contributed by atoms with E-state index in [9.17, 15) is 8.42 Å². The Morgan fingerprint density at radius 1 is 1.12 bits per heavy atom. The van der Waals surface area contributed by atoms with Crippen molar-refractivity contribution in [3.8, 4) is 0 Å². The number of nitrogens with zero attached hydrogens (tertiary/aromatic N) is 2. The van der Waals surface area contributed by atoms with Gasteiger partial charge in [0.2, 0.25) is 10.0 Å². The van der Waals surface area contributed by atoms with Gasteiger partial charge in [-0.05, 0) is 23.3 Å². The van der Waals surface area contributed by atoms with Crippen LogP contribution in [0.15, 0.2) is 54.6 Å². The quantitative estimate of drug-likeness (QED) is 0.838. The molecule has 1 aliphatic heterocycles. The standard InChI is InChI=1S/C19H25N3O3S/c1-21(2)17-11-9-16(10-12-17)19-18(14-25-22(19)3)26(23,24)20-13-15-7-5-4-6-8-15/h4-12,18-20H,13-14H2,1-3H3/t18-,19-/m0/s1. The number of hydroxylamine groups is 2. The zero-order valence-corrected chi connectivity index (χ0v) is 16.1. The van der Waals surface area contributed by atoms with E-state index in [1.54, 1.807) is 12.1 Å². The van der Waals surface area contributed by atoms with Crippen molar-refractivity contribution < 1.29 is 13.3 Å². The van der Waals surface area contributed by atoms with Crippen LogP contribution in [0.4, 0.5) is 5.69 Å². The molecule has 0 saturated carbocycles. The van der Waals surface area contributed by atoms with Gasteiger partial charge in [0.1, 0.15) is 5.25 Å². The van der Waals surface area contributed by atoms with Crippen molar-refractivity contribution in [2.24, 2.45) is 0 Å². The zero-order chi connectivity index (χ0) is 18.7. The highest BCUT2D eigenvalue weighted by molar-refractivity contribution is 7.90. The predicted octanol–water partition coefficient (Wildman–Crippen LogP) is 2.16. The Bertz CT molecular complexity index is 823. The average Bonchev–Trinajstić information content (AvgIpc) is 3.03. The molecule has 7 heteroatoms. The first-order chi connectivity index (χ1) is 12.4. The van der Waals surface area contributed by atoms with Crippen molar-refractivity contribution in [2.45, 2.75) is 17.8 Å². The highest BCUT2D eigenvalue weighted by Crippen LogP contribution is 2.34. The first kappa shape index (κ1) is 18.8. The molecule has 0 unspecified atom stereocenters. The second-order valence-electron chi connectivity index (χ2n) is 6.66. The van der Waals surface area contributed by atoms with Gasteiger partial charge >= 0.3 is 0 Å². The first-order valence-corrected chi connectivity index (χ1v) is 10.1. The van der Waals surface area contributed by atoms with Gasteiger partial charge in [-0.1, -0.05) is 42.5 Å². The summed E-state index contributed by atoms with van der Waals surface area (Å²) in [6, 6.07) is 17.1. The maximum Gasteiger partial charge on any atom is 0.219 e. The lowest BCUT2D eigenvalue weighted by atomic mass is 10.0. The maximum atomic E-state index is 12.9. The Hall–Kier alpha value is -1.93. The second-order valence-corrected chi connectivity index (χ2v) is 8.65. The third-order valence-electron chi connectivity index (χ3n) is 4.66. The summed E-state index contributed by atoms with van der Waals surface area (Å²) >= 11 is 0. The third-order valence-corrected chi connectivity index (χ3v) is 6.39. The van der Waals surface area contributed by atoms with Crippen molar-refractivity contribution in [2.75, 3.05) is 32.6 Å². The van der Waals surface area contributed by atoms with E-state index in [-0.39, 0.29) is 19.2 Å². The lowest BCUT2D eigenvalue weighted by Crippen LogP contribution is -2.39. The molecule has 0 radical (unpaired) electrons. The summed E-state index contributed by atoms with van der Waals surface area (Å²) in [6.07, 6.45) is 0. The molecule has 26 heavy (non-hydrogen) atoms. The summed E-state index contributed by atoms with van der Waals surface area (Å²) in [5.41, 5.74) is 2.91. The molecule has 0 aromatic heterocycles. The Morgan fingerprint density at radius 3 is 2.38 bits per heavy atom. The van der Waals surface area contributed by atoms with E-state index >= 15 is 0 Å². The number of sulfonamides is 1. The minimum atomic E-state index is -3.54. The average molecular weight is 375 g/mol. The summed E-state index contributed by atoms with van der Waals surface area (Å²) in [4.78, 5) is 7.56. The SMILES string of the molecule is CN(C)c1ccc([C@H]2[C@@H](S(=O)(=O)NCc3ccccc3)CON2C)cc1. The van der Waals surface area contributed by atoms with Gasteiger partial charge in [-0.2, -0.15) is 5.06 Å². The highest BCUT2D eigenvalue weighted by atomic mass is 32.2. The van der Waals surface area contributed by atoms with E-state index in [1.807, 2.05) is 73.6 Å². The van der Waals surface area contributed by atoms with Crippen LogP contribution in [0, 0.1) is 0 Å². The number of benzene rings is 2. The van der Waals surface area contributed by atoms with Gasteiger partial charge in [-0.3, -0.25) is 4.84 Å². The molecular formula is C19H25N3O3S. The molecule has 2 atom stereocenters. The van der Waals surface area contributed by atoms with Crippen LogP contribution in [0.3, 0.4) is 0 Å². The largest absolute Gasteiger partial charge is 0.378 e. The number of hydrogen-bond donors (Lipinski definition) is 1. The van der Waals surface area contributed by atoms with Crippen LogP contribution in [0.25, 0.3) is 0 Å². The first-order valence-electron chi connectivity index (χ1n) is 8.54. The van der Waals surface area contributed by atoms with Crippen LogP contribution in [-0.2, 0) is 21.4 Å². The normalized spacial score (nSPS) is 21.0. The summed E-state index contributed by atoms with van der Waals surface area (Å²) < 4.78 is 28.5. The fraction of sp³-hybridized carbons (Fsp3) is 0.368. The molecule has 1 aliphatic rings. The minimum Gasteiger partial charge on any atom is -0.378 e. The van der Waals surface area contributed by atoms with Crippen molar-refractivity contribution >= 4 is 15.7 Å². The molecule has 0 amide bonds. The predicted molar refractivity (Wildman–Crippen MR) is 103 cm³/mol. The van der Waals surface area contributed by atoms with Crippen LogP contribution < -0.4 is 9.62 Å². The van der Waals surface area contributed by atoms with Gasteiger partial charge < -0.3 is 4.90 Å². The summed E-state index contributed by atoms with van der Waals surface area (Å²) in [7, 11) is 2.18. The minimum absolute atomic E-state index is 0.140. The lowest BCUT2D eigenvalue weighted by molar-refractivity contribution is -0.110. The number of nitrogens with one attached hydrogen (secondary N) is 1. The fourth-order valence-electron chi connectivity index (χ4n) is 3.14. The summed E-state index contributed by atoms with van der Waals surface area (Å²) in [6.45, 7) is 0.413. The van der Waals surface area contributed by atoms with E-state index in [0.717, 1.165) is 16.8 Å². The van der Waals surface area contributed by atoms with Gasteiger partial charge in [0, 0.05) is 33.4 Å². The molecule has 0 aliphatic carbocycles. The Kier molecular flexibility index (Phi) is 5.62. The third kappa shape index (κ3) is 4.07. The van der Waals surface area contributed by atoms with Crippen molar-refractivity contribution in [3.05, 3.63) is 65.7 Å². The molecule has 0 bridgehead atoms. The number of hydrogen-bond acceptors (Lipinski definition) is 5. The topological polar surface area (TPSA) is 61.9 Å². The van der Waals surface area contributed by atoms with Gasteiger partial charge in [0.05, 0.1) is 12.6 Å². The van der Waals surface area contributed by atoms with E-state index in [2.05, 4.69) is 4.72 Å². The lowest BCUT2D eigenvalue weighted by Gasteiger charge is -2.24. The van der Waals surface area contributed by atoms with E-state index in [0.29, 0.717) is 0 Å². The number of anilines is 1. The summed E-state index contributed by atoms with van der Waals surface area (Å²) in [5.74, 6) is 0. The Labute approximate surface area is 155 Å². The number of rotatable bonds is 6. The second kappa shape index (κ2) is 7.75. The van der Waals surface area contributed by atoms with Gasteiger partial charge in [-0.25, -0.2) is 13.1 Å². The van der Waals surface area contributed by atoms with E-state index < -0.39 is 15.3 Å².